The Balaban J connectivity index is 1.73. The summed E-state index contributed by atoms with van der Waals surface area (Å²) in [6, 6.07) is 3.71. The number of carbonyl (C=O) groups is 2. The molecule has 2 rings (SSSR count). The van der Waals surface area contributed by atoms with Gasteiger partial charge in [0.25, 0.3) is 0 Å². The van der Waals surface area contributed by atoms with Crippen molar-refractivity contribution in [3.05, 3.63) is 17.0 Å². The quantitative estimate of drug-likeness (QED) is 0.864. The van der Waals surface area contributed by atoms with Crippen LogP contribution in [0.2, 0.25) is 0 Å². The van der Waals surface area contributed by atoms with E-state index in [9.17, 15) is 9.59 Å². The lowest BCUT2D eigenvalue weighted by Gasteiger charge is -2.29. The van der Waals surface area contributed by atoms with Gasteiger partial charge >= 0.3 is 5.97 Å². The smallest absolute Gasteiger partial charge is 0.306 e. The van der Waals surface area contributed by atoms with E-state index in [0.717, 1.165) is 0 Å². The van der Waals surface area contributed by atoms with Crippen molar-refractivity contribution in [3.63, 3.8) is 0 Å². The maximum atomic E-state index is 11.9. The molecule has 2 heterocycles. The minimum absolute atomic E-state index is 0.116. The summed E-state index contributed by atoms with van der Waals surface area (Å²) in [7, 11) is 0. The van der Waals surface area contributed by atoms with Crippen molar-refractivity contribution in [2.75, 3.05) is 25.0 Å². The van der Waals surface area contributed by atoms with Crippen LogP contribution < -0.4 is 5.32 Å². The maximum absolute atomic E-state index is 11.9. The van der Waals surface area contributed by atoms with Gasteiger partial charge in [-0.25, -0.2) is 0 Å². The summed E-state index contributed by atoms with van der Waals surface area (Å²) in [5.41, 5.74) is 0.482. The summed E-state index contributed by atoms with van der Waals surface area (Å²) in [5, 5.41) is 22.9. The van der Waals surface area contributed by atoms with E-state index in [4.69, 9.17) is 10.4 Å². The SMILES string of the molecule is N#Cc1ccsc1NC(=O)CCN1CCC(C(=O)O)CC1. The summed E-state index contributed by atoms with van der Waals surface area (Å²) < 4.78 is 0. The normalized spacial score (nSPS) is 16.3. The van der Waals surface area contributed by atoms with E-state index >= 15 is 0 Å². The van der Waals surface area contributed by atoms with Crippen molar-refractivity contribution >= 4 is 28.2 Å². The highest BCUT2D eigenvalue weighted by molar-refractivity contribution is 7.14. The number of aliphatic carboxylic acids is 1. The molecule has 1 fully saturated rings. The largest absolute Gasteiger partial charge is 0.481 e. The highest BCUT2D eigenvalue weighted by Gasteiger charge is 2.24. The standard InChI is InChI=1S/C14H17N3O3S/c15-9-11-4-8-21-13(11)16-12(18)3-7-17-5-1-10(2-6-17)14(19)20/h4,8,10H,1-3,5-7H2,(H,16,18)(H,19,20). The lowest BCUT2D eigenvalue weighted by Crippen LogP contribution is -2.37. The number of nitrogens with one attached hydrogen (secondary N) is 1. The monoisotopic (exact) mass is 307 g/mol. The van der Waals surface area contributed by atoms with Gasteiger partial charge in [-0.15, -0.1) is 11.3 Å². The number of anilines is 1. The van der Waals surface area contributed by atoms with Crippen LogP contribution in [-0.4, -0.2) is 41.5 Å². The molecule has 0 saturated carbocycles. The molecule has 1 aromatic rings. The molecule has 1 aliphatic rings. The van der Waals surface area contributed by atoms with Gasteiger partial charge in [-0.1, -0.05) is 0 Å². The van der Waals surface area contributed by atoms with Gasteiger partial charge in [0.2, 0.25) is 5.91 Å². The molecule has 0 unspecified atom stereocenters. The number of carboxylic acid groups (broad SMARTS) is 1. The first-order valence-corrected chi connectivity index (χ1v) is 7.70. The fourth-order valence-corrected chi connectivity index (χ4v) is 3.10. The number of nitriles is 1. The number of carboxylic acids is 1. The third kappa shape index (κ3) is 4.28. The van der Waals surface area contributed by atoms with Gasteiger partial charge in [-0.3, -0.25) is 9.59 Å². The molecule has 0 bridgehead atoms. The van der Waals surface area contributed by atoms with Crippen molar-refractivity contribution in [1.29, 1.82) is 5.26 Å². The molecule has 1 aromatic heterocycles. The average molecular weight is 307 g/mol. The molecule has 1 amide bonds. The minimum Gasteiger partial charge on any atom is -0.481 e. The lowest BCUT2D eigenvalue weighted by atomic mass is 9.97. The Bertz CT molecular complexity index is 556. The van der Waals surface area contributed by atoms with Crippen LogP contribution >= 0.6 is 11.3 Å². The first-order valence-electron chi connectivity index (χ1n) is 6.82. The molecule has 21 heavy (non-hydrogen) atoms. The Hall–Kier alpha value is -1.91. The van der Waals surface area contributed by atoms with Crippen molar-refractivity contribution < 1.29 is 14.7 Å². The zero-order valence-corrected chi connectivity index (χ0v) is 12.4. The number of rotatable bonds is 5. The minimum atomic E-state index is -0.728. The molecular weight excluding hydrogens is 290 g/mol. The second-order valence-electron chi connectivity index (χ2n) is 5.03. The number of thiophene rings is 1. The van der Waals surface area contributed by atoms with Crippen LogP contribution in [0, 0.1) is 17.2 Å². The van der Waals surface area contributed by atoms with Crippen molar-refractivity contribution in [1.82, 2.24) is 4.90 Å². The first kappa shape index (κ1) is 15.5. The molecule has 2 N–H and O–H groups in total. The van der Waals surface area contributed by atoms with Crippen LogP contribution in [-0.2, 0) is 9.59 Å². The third-order valence-electron chi connectivity index (χ3n) is 3.63. The molecule has 1 aliphatic heterocycles. The lowest BCUT2D eigenvalue weighted by molar-refractivity contribution is -0.143. The summed E-state index contributed by atoms with van der Waals surface area (Å²) in [6.45, 7) is 2.05. The van der Waals surface area contributed by atoms with Gasteiger partial charge in [0, 0.05) is 13.0 Å². The van der Waals surface area contributed by atoms with Crippen LogP contribution in [0.25, 0.3) is 0 Å². The van der Waals surface area contributed by atoms with Gasteiger partial charge in [0.1, 0.15) is 11.1 Å². The molecule has 0 aromatic carbocycles. The maximum Gasteiger partial charge on any atom is 0.306 e. The average Bonchev–Trinajstić information content (AvgIpc) is 2.92. The number of likely N-dealkylation sites (tertiary alicyclic amines) is 1. The van der Waals surface area contributed by atoms with E-state index in [2.05, 4.69) is 10.2 Å². The third-order valence-corrected chi connectivity index (χ3v) is 4.46. The molecule has 7 heteroatoms. The second kappa shape index (κ2) is 7.20. The predicted molar refractivity (Wildman–Crippen MR) is 79.1 cm³/mol. The first-order chi connectivity index (χ1) is 10.1. The van der Waals surface area contributed by atoms with Crippen LogP contribution in [0.1, 0.15) is 24.8 Å². The van der Waals surface area contributed by atoms with Crippen molar-refractivity contribution in [3.8, 4) is 6.07 Å². The van der Waals surface area contributed by atoms with Crippen molar-refractivity contribution in [2.24, 2.45) is 5.92 Å². The Kier molecular flexibility index (Phi) is 5.31. The zero-order chi connectivity index (χ0) is 15.2. The van der Waals surface area contributed by atoms with Gasteiger partial charge in [0.05, 0.1) is 11.5 Å². The number of nitrogens with zero attached hydrogens (tertiary/aromatic N) is 2. The van der Waals surface area contributed by atoms with E-state index in [1.807, 2.05) is 6.07 Å². The fourth-order valence-electron chi connectivity index (χ4n) is 2.35. The van der Waals surface area contributed by atoms with Gasteiger partial charge in [-0.05, 0) is 37.4 Å². The molecule has 0 spiro atoms. The number of hydrogen-bond acceptors (Lipinski definition) is 5. The van der Waals surface area contributed by atoms with Crippen LogP contribution in [0.4, 0.5) is 5.00 Å². The number of hydrogen-bond donors (Lipinski definition) is 2. The summed E-state index contributed by atoms with van der Waals surface area (Å²) in [6.07, 6.45) is 1.63. The molecular formula is C14H17N3O3S. The van der Waals surface area contributed by atoms with Crippen LogP contribution in [0.5, 0.6) is 0 Å². The summed E-state index contributed by atoms with van der Waals surface area (Å²) >= 11 is 1.33. The van der Waals surface area contributed by atoms with Crippen LogP contribution in [0.15, 0.2) is 11.4 Å². The van der Waals surface area contributed by atoms with E-state index in [-0.39, 0.29) is 11.8 Å². The Morgan fingerprint density at radius 3 is 2.81 bits per heavy atom. The zero-order valence-electron chi connectivity index (χ0n) is 11.5. The van der Waals surface area contributed by atoms with E-state index in [1.165, 1.54) is 11.3 Å². The number of piperidine rings is 1. The Labute approximate surface area is 127 Å². The molecule has 0 aliphatic carbocycles. The molecule has 112 valence electrons. The fraction of sp³-hybridized carbons (Fsp3) is 0.500. The van der Waals surface area contributed by atoms with E-state index < -0.39 is 5.97 Å². The Morgan fingerprint density at radius 2 is 2.19 bits per heavy atom. The van der Waals surface area contributed by atoms with Crippen molar-refractivity contribution in [2.45, 2.75) is 19.3 Å². The molecule has 0 radical (unpaired) electrons. The second-order valence-corrected chi connectivity index (χ2v) is 5.94. The van der Waals surface area contributed by atoms with E-state index in [0.29, 0.717) is 49.5 Å². The Morgan fingerprint density at radius 1 is 1.48 bits per heavy atom. The predicted octanol–water partition coefficient (Wildman–Crippen LogP) is 1.74. The van der Waals surface area contributed by atoms with Gasteiger partial charge < -0.3 is 15.3 Å². The summed E-state index contributed by atoms with van der Waals surface area (Å²) in [4.78, 5) is 24.8. The topological polar surface area (TPSA) is 93.4 Å². The number of carbonyl (C=O) groups excluding carboxylic acids is 1. The van der Waals surface area contributed by atoms with E-state index in [1.54, 1.807) is 11.4 Å². The molecule has 6 nitrogen and oxygen atoms in total. The molecule has 1 saturated heterocycles. The van der Waals surface area contributed by atoms with Gasteiger partial charge in [0.15, 0.2) is 0 Å². The summed E-state index contributed by atoms with van der Waals surface area (Å²) in [5.74, 6) is -1.09. The highest BCUT2D eigenvalue weighted by Crippen LogP contribution is 2.22. The highest BCUT2D eigenvalue weighted by atomic mass is 32.1. The van der Waals surface area contributed by atoms with Gasteiger partial charge in [-0.2, -0.15) is 5.26 Å². The molecule has 0 atom stereocenters. The van der Waals surface area contributed by atoms with Crippen LogP contribution in [0.3, 0.4) is 0 Å². The number of amides is 1.